The predicted molar refractivity (Wildman–Crippen MR) is 109 cm³/mol. The third kappa shape index (κ3) is 6.16. The van der Waals surface area contributed by atoms with Crippen molar-refractivity contribution < 1.29 is 34.2 Å². The van der Waals surface area contributed by atoms with E-state index in [0.717, 1.165) is 0 Å². The zero-order valence-corrected chi connectivity index (χ0v) is 18.0. The van der Waals surface area contributed by atoms with Gasteiger partial charge in [0.25, 0.3) is 0 Å². The lowest BCUT2D eigenvalue weighted by Crippen LogP contribution is -2.57. The van der Waals surface area contributed by atoms with E-state index < -0.39 is 54.3 Å². The number of carbonyl (C=O) groups excluding carboxylic acids is 3. The molecule has 0 spiro atoms. The van der Waals surface area contributed by atoms with Crippen molar-refractivity contribution in [2.45, 2.75) is 76.5 Å². The zero-order valence-electron chi connectivity index (χ0n) is 18.0. The molecule has 0 radical (unpaired) electrons. The largest absolute Gasteiger partial charge is 0.481 e. The summed E-state index contributed by atoms with van der Waals surface area (Å²) in [5.41, 5.74) is 5.62. The summed E-state index contributed by atoms with van der Waals surface area (Å²) in [5, 5.41) is 20.8. The number of nitrogens with zero attached hydrogens (tertiary/aromatic N) is 2. The minimum atomic E-state index is -1.29. The van der Waals surface area contributed by atoms with Crippen molar-refractivity contribution in [3.05, 3.63) is 0 Å². The molecule has 31 heavy (non-hydrogen) atoms. The van der Waals surface area contributed by atoms with Crippen molar-refractivity contribution >= 4 is 29.7 Å². The molecule has 0 bridgehead atoms. The highest BCUT2D eigenvalue weighted by atomic mass is 16.4. The Balaban J connectivity index is 2.15. The molecule has 174 valence electrons. The van der Waals surface area contributed by atoms with Gasteiger partial charge in [-0.2, -0.15) is 0 Å². The van der Waals surface area contributed by atoms with Gasteiger partial charge >= 0.3 is 11.9 Å². The Morgan fingerprint density at radius 1 is 1.00 bits per heavy atom. The second-order valence-electron chi connectivity index (χ2n) is 8.61. The summed E-state index contributed by atoms with van der Waals surface area (Å²) < 4.78 is 0. The van der Waals surface area contributed by atoms with Crippen LogP contribution in [0.15, 0.2) is 0 Å². The van der Waals surface area contributed by atoms with E-state index in [2.05, 4.69) is 5.32 Å². The molecule has 0 saturated carbocycles. The summed E-state index contributed by atoms with van der Waals surface area (Å²) in [4.78, 5) is 63.7. The van der Waals surface area contributed by atoms with Gasteiger partial charge in [0.2, 0.25) is 17.7 Å². The third-order valence-corrected chi connectivity index (χ3v) is 5.69. The number of carbonyl (C=O) groups is 5. The Morgan fingerprint density at radius 3 is 2.13 bits per heavy atom. The number of hydrogen-bond donors (Lipinski definition) is 4. The van der Waals surface area contributed by atoms with E-state index in [1.807, 2.05) is 13.8 Å². The SMILES string of the molecule is CC(C)CC(NC(=O)C(N)CC(=O)O)C(=O)N1CCCC1C(=O)N1CCCC1C(=O)O. The van der Waals surface area contributed by atoms with Crippen LogP contribution in [-0.2, 0) is 24.0 Å². The fraction of sp³-hybridized carbons (Fsp3) is 0.750. The highest BCUT2D eigenvalue weighted by Crippen LogP contribution is 2.26. The third-order valence-electron chi connectivity index (χ3n) is 5.69. The quantitative estimate of drug-likeness (QED) is 0.368. The van der Waals surface area contributed by atoms with Crippen molar-refractivity contribution in [1.82, 2.24) is 15.1 Å². The summed E-state index contributed by atoms with van der Waals surface area (Å²) in [6.07, 6.45) is 1.73. The first-order chi connectivity index (χ1) is 14.5. The maximum absolute atomic E-state index is 13.3. The van der Waals surface area contributed by atoms with Crippen LogP contribution in [0.3, 0.4) is 0 Å². The number of hydrogen-bond acceptors (Lipinski definition) is 6. The average molecular weight is 440 g/mol. The van der Waals surface area contributed by atoms with Crippen LogP contribution in [-0.4, -0.2) is 86.9 Å². The van der Waals surface area contributed by atoms with Crippen LogP contribution in [0.5, 0.6) is 0 Å². The molecule has 0 aromatic rings. The Labute approximate surface area is 180 Å². The molecule has 2 aliphatic heterocycles. The number of nitrogens with one attached hydrogen (secondary N) is 1. The first-order valence-corrected chi connectivity index (χ1v) is 10.6. The summed E-state index contributed by atoms with van der Waals surface area (Å²) in [6, 6.07) is -3.90. The average Bonchev–Trinajstić information content (AvgIpc) is 3.34. The van der Waals surface area contributed by atoms with Gasteiger partial charge in [-0.25, -0.2) is 4.79 Å². The molecule has 0 aromatic carbocycles. The van der Waals surface area contributed by atoms with Gasteiger partial charge in [0, 0.05) is 13.1 Å². The summed E-state index contributed by atoms with van der Waals surface area (Å²) in [6.45, 7) is 4.41. The van der Waals surface area contributed by atoms with E-state index in [1.54, 1.807) is 0 Å². The first-order valence-electron chi connectivity index (χ1n) is 10.6. The van der Waals surface area contributed by atoms with E-state index in [-0.39, 0.29) is 11.8 Å². The topological polar surface area (TPSA) is 170 Å². The van der Waals surface area contributed by atoms with E-state index in [9.17, 15) is 29.1 Å². The molecule has 2 rings (SSSR count). The molecule has 3 amide bonds. The van der Waals surface area contributed by atoms with E-state index >= 15 is 0 Å². The predicted octanol–water partition coefficient (Wildman–Crippen LogP) is -0.614. The van der Waals surface area contributed by atoms with Crippen LogP contribution in [0, 0.1) is 5.92 Å². The van der Waals surface area contributed by atoms with Gasteiger partial charge in [0.15, 0.2) is 0 Å². The minimum absolute atomic E-state index is 0.0386. The van der Waals surface area contributed by atoms with Gasteiger partial charge in [-0.1, -0.05) is 13.8 Å². The molecule has 2 aliphatic rings. The first kappa shape index (κ1) is 24.6. The zero-order chi connectivity index (χ0) is 23.3. The number of carboxylic acids is 2. The van der Waals surface area contributed by atoms with E-state index in [0.29, 0.717) is 45.2 Å². The molecular weight excluding hydrogens is 408 g/mol. The highest BCUT2D eigenvalue weighted by Gasteiger charge is 2.43. The molecule has 2 saturated heterocycles. The maximum Gasteiger partial charge on any atom is 0.326 e. The van der Waals surface area contributed by atoms with Crippen molar-refractivity contribution in [1.29, 1.82) is 0 Å². The maximum atomic E-state index is 13.3. The van der Waals surface area contributed by atoms with E-state index in [4.69, 9.17) is 10.8 Å². The van der Waals surface area contributed by atoms with Crippen LogP contribution >= 0.6 is 0 Å². The molecule has 2 heterocycles. The standard InChI is InChI=1S/C20H32N4O7/c1-11(2)9-13(22-17(27)12(21)10-16(25)26)18(28)23-7-3-5-14(23)19(29)24-8-4-6-15(24)20(30)31/h11-15H,3-10,21H2,1-2H3,(H,22,27)(H,25,26)(H,30,31). The summed E-state index contributed by atoms with van der Waals surface area (Å²) in [7, 11) is 0. The second kappa shape index (κ2) is 10.6. The number of rotatable bonds is 9. The van der Waals surface area contributed by atoms with Crippen LogP contribution in [0.4, 0.5) is 0 Å². The minimum Gasteiger partial charge on any atom is -0.481 e. The van der Waals surface area contributed by atoms with Gasteiger partial charge in [-0.3, -0.25) is 19.2 Å². The fourth-order valence-electron chi connectivity index (χ4n) is 4.22. The van der Waals surface area contributed by atoms with E-state index in [1.165, 1.54) is 9.80 Å². The number of amides is 3. The fourth-order valence-corrected chi connectivity index (χ4v) is 4.22. The molecule has 11 nitrogen and oxygen atoms in total. The molecule has 4 unspecified atom stereocenters. The number of aliphatic carboxylic acids is 2. The van der Waals surface area contributed by atoms with Crippen LogP contribution in [0.1, 0.15) is 52.4 Å². The smallest absolute Gasteiger partial charge is 0.326 e. The van der Waals surface area contributed by atoms with Crippen molar-refractivity contribution in [2.75, 3.05) is 13.1 Å². The number of carboxylic acid groups (broad SMARTS) is 2. The molecule has 4 atom stereocenters. The van der Waals surface area contributed by atoms with Gasteiger partial charge in [0.1, 0.15) is 18.1 Å². The molecule has 11 heteroatoms. The van der Waals surface area contributed by atoms with Gasteiger partial charge in [0.05, 0.1) is 12.5 Å². The molecular formula is C20H32N4O7. The van der Waals surface area contributed by atoms with Gasteiger partial charge < -0.3 is 31.1 Å². The Kier molecular flexibility index (Phi) is 8.37. The van der Waals surface area contributed by atoms with Crippen molar-refractivity contribution in [3.8, 4) is 0 Å². The Bertz CT molecular complexity index is 726. The summed E-state index contributed by atoms with van der Waals surface area (Å²) >= 11 is 0. The molecule has 0 aromatic heterocycles. The lowest BCUT2D eigenvalue weighted by atomic mass is 10.0. The molecule has 5 N–H and O–H groups in total. The molecule has 2 fully saturated rings. The number of likely N-dealkylation sites (tertiary alicyclic amines) is 2. The van der Waals surface area contributed by atoms with Crippen LogP contribution in [0.2, 0.25) is 0 Å². The highest BCUT2D eigenvalue weighted by molar-refractivity contribution is 5.95. The normalized spacial score (nSPS) is 23.0. The monoisotopic (exact) mass is 440 g/mol. The van der Waals surface area contributed by atoms with Gasteiger partial charge in [-0.05, 0) is 38.0 Å². The number of nitrogens with two attached hydrogens (primary N) is 1. The van der Waals surface area contributed by atoms with Crippen molar-refractivity contribution in [3.63, 3.8) is 0 Å². The summed E-state index contributed by atoms with van der Waals surface area (Å²) in [5.74, 6) is -3.80. The van der Waals surface area contributed by atoms with Crippen LogP contribution < -0.4 is 11.1 Å². The Morgan fingerprint density at radius 2 is 1.58 bits per heavy atom. The second-order valence-corrected chi connectivity index (χ2v) is 8.61. The Hall–Kier alpha value is -2.69. The lowest BCUT2D eigenvalue weighted by Gasteiger charge is -2.33. The molecule has 0 aliphatic carbocycles. The van der Waals surface area contributed by atoms with Gasteiger partial charge in [-0.15, -0.1) is 0 Å². The lowest BCUT2D eigenvalue weighted by molar-refractivity contribution is -0.152. The van der Waals surface area contributed by atoms with Crippen LogP contribution in [0.25, 0.3) is 0 Å². The van der Waals surface area contributed by atoms with Crippen molar-refractivity contribution in [2.24, 2.45) is 11.7 Å².